The van der Waals surface area contributed by atoms with Gasteiger partial charge in [-0.3, -0.25) is 9.20 Å². The lowest BCUT2D eigenvalue weighted by Gasteiger charge is -1.98. The average molecular weight is 215 g/mol. The van der Waals surface area contributed by atoms with E-state index in [1.807, 2.05) is 36.6 Å². The van der Waals surface area contributed by atoms with Crippen molar-refractivity contribution in [3.05, 3.63) is 41.4 Å². The maximum Gasteiger partial charge on any atom is 0.241 e. The first-order valence-corrected chi connectivity index (χ1v) is 5.01. The third kappa shape index (κ3) is 1.69. The van der Waals surface area contributed by atoms with Crippen LogP contribution in [0.3, 0.4) is 0 Å². The molecule has 0 aromatic carbocycles. The number of carbonyl (C=O) groups excluding carboxylic acids is 1. The molecule has 2 heterocycles. The zero-order valence-electron chi connectivity index (χ0n) is 9.27. The van der Waals surface area contributed by atoms with Gasteiger partial charge in [-0.1, -0.05) is 6.07 Å². The number of pyridine rings is 1. The number of rotatable bonds is 2. The largest absolute Gasteiger partial charge is 0.366 e. The predicted molar refractivity (Wildman–Crippen MR) is 62.9 cm³/mol. The van der Waals surface area contributed by atoms with Gasteiger partial charge in [-0.05, 0) is 31.6 Å². The van der Waals surface area contributed by atoms with Crippen molar-refractivity contribution in [1.29, 1.82) is 0 Å². The van der Waals surface area contributed by atoms with Crippen molar-refractivity contribution < 1.29 is 4.79 Å². The second-order valence-electron chi connectivity index (χ2n) is 3.70. The van der Waals surface area contributed by atoms with Crippen LogP contribution in [-0.4, -0.2) is 15.3 Å². The van der Waals surface area contributed by atoms with Gasteiger partial charge in [0.05, 0.1) is 11.4 Å². The summed E-state index contributed by atoms with van der Waals surface area (Å²) in [6.07, 6.45) is 4.96. The summed E-state index contributed by atoms with van der Waals surface area (Å²) in [5, 5.41) is 0. The summed E-state index contributed by atoms with van der Waals surface area (Å²) in [7, 11) is 0. The fraction of sp³-hybridized carbons (Fsp3) is 0.167. The molecule has 0 saturated heterocycles. The Morgan fingerprint density at radius 3 is 2.94 bits per heavy atom. The van der Waals surface area contributed by atoms with E-state index in [1.165, 1.54) is 6.08 Å². The first-order chi connectivity index (χ1) is 7.59. The van der Waals surface area contributed by atoms with Crippen molar-refractivity contribution in [2.75, 3.05) is 0 Å². The van der Waals surface area contributed by atoms with Crippen molar-refractivity contribution >= 4 is 17.6 Å². The van der Waals surface area contributed by atoms with Gasteiger partial charge in [-0.2, -0.15) is 0 Å². The van der Waals surface area contributed by atoms with Crippen LogP contribution in [0.15, 0.2) is 24.4 Å². The molecule has 0 atom stereocenters. The van der Waals surface area contributed by atoms with Crippen LogP contribution in [0.4, 0.5) is 0 Å². The van der Waals surface area contributed by atoms with Crippen molar-refractivity contribution in [2.45, 2.75) is 13.8 Å². The highest BCUT2D eigenvalue weighted by molar-refractivity contribution is 5.90. The number of carbonyl (C=O) groups is 1. The Morgan fingerprint density at radius 1 is 1.50 bits per heavy atom. The Hall–Kier alpha value is -2.10. The molecule has 2 aromatic rings. The molecule has 2 aromatic heterocycles. The lowest BCUT2D eigenvalue weighted by atomic mass is 10.3. The summed E-state index contributed by atoms with van der Waals surface area (Å²) >= 11 is 0. The van der Waals surface area contributed by atoms with E-state index in [1.54, 1.807) is 6.08 Å². The summed E-state index contributed by atoms with van der Waals surface area (Å²) in [5.74, 6) is -0.456. The number of imidazole rings is 1. The first kappa shape index (κ1) is 10.4. The zero-order valence-corrected chi connectivity index (χ0v) is 9.27. The van der Waals surface area contributed by atoms with Gasteiger partial charge in [-0.15, -0.1) is 0 Å². The van der Waals surface area contributed by atoms with E-state index in [4.69, 9.17) is 5.73 Å². The Bertz CT molecular complexity index is 581. The highest BCUT2D eigenvalue weighted by Crippen LogP contribution is 2.16. The number of primary amides is 1. The Kier molecular flexibility index (Phi) is 2.48. The number of nitrogens with two attached hydrogens (primary N) is 1. The first-order valence-electron chi connectivity index (χ1n) is 5.01. The molecule has 0 radical (unpaired) electrons. The van der Waals surface area contributed by atoms with E-state index in [2.05, 4.69) is 4.98 Å². The highest BCUT2D eigenvalue weighted by atomic mass is 16.1. The quantitative estimate of drug-likeness (QED) is 0.771. The molecule has 2 N–H and O–H groups in total. The molecule has 0 aliphatic rings. The van der Waals surface area contributed by atoms with E-state index in [0.717, 1.165) is 22.6 Å². The van der Waals surface area contributed by atoms with Gasteiger partial charge in [0, 0.05) is 12.3 Å². The van der Waals surface area contributed by atoms with Gasteiger partial charge in [0.1, 0.15) is 5.65 Å². The van der Waals surface area contributed by atoms with Gasteiger partial charge in [0.15, 0.2) is 0 Å². The normalized spacial score (nSPS) is 11.4. The third-order valence-corrected chi connectivity index (χ3v) is 2.47. The third-order valence-electron chi connectivity index (χ3n) is 2.47. The maximum absolute atomic E-state index is 10.7. The summed E-state index contributed by atoms with van der Waals surface area (Å²) in [4.78, 5) is 15.2. The van der Waals surface area contributed by atoms with Crippen molar-refractivity contribution in [2.24, 2.45) is 5.73 Å². The monoisotopic (exact) mass is 215 g/mol. The van der Waals surface area contributed by atoms with Gasteiger partial charge in [-0.25, -0.2) is 4.98 Å². The summed E-state index contributed by atoms with van der Waals surface area (Å²) in [6, 6.07) is 3.95. The van der Waals surface area contributed by atoms with Crippen molar-refractivity contribution in [1.82, 2.24) is 9.38 Å². The molecular weight excluding hydrogens is 202 g/mol. The Morgan fingerprint density at radius 2 is 2.25 bits per heavy atom. The molecule has 0 saturated carbocycles. The van der Waals surface area contributed by atoms with Crippen molar-refractivity contribution in [3.8, 4) is 0 Å². The van der Waals surface area contributed by atoms with Gasteiger partial charge in [0.2, 0.25) is 5.91 Å². The Labute approximate surface area is 93.4 Å². The average Bonchev–Trinajstić information content (AvgIpc) is 2.53. The van der Waals surface area contributed by atoms with Crippen LogP contribution in [0, 0.1) is 13.8 Å². The SMILES string of the molecule is Cc1nc2c(C)cccn2c1/C=C/C(N)=O. The van der Waals surface area contributed by atoms with E-state index >= 15 is 0 Å². The molecule has 1 amide bonds. The number of nitrogens with zero attached hydrogens (tertiary/aromatic N) is 2. The summed E-state index contributed by atoms with van der Waals surface area (Å²) in [6.45, 7) is 3.91. The minimum absolute atomic E-state index is 0.456. The minimum atomic E-state index is -0.456. The molecule has 0 fully saturated rings. The number of aryl methyl sites for hydroxylation is 2. The standard InChI is InChI=1S/C12H13N3O/c1-8-4-3-7-15-10(5-6-11(13)16)9(2)14-12(8)15/h3-7H,1-2H3,(H2,13,16)/b6-5+. The zero-order chi connectivity index (χ0) is 11.7. The molecule has 0 unspecified atom stereocenters. The molecule has 0 bridgehead atoms. The number of hydrogen-bond donors (Lipinski definition) is 1. The number of aromatic nitrogens is 2. The molecule has 0 aliphatic carbocycles. The van der Waals surface area contributed by atoms with Crippen LogP contribution in [0.5, 0.6) is 0 Å². The second kappa shape index (κ2) is 3.81. The topological polar surface area (TPSA) is 60.4 Å². The van der Waals surface area contributed by atoms with Crippen molar-refractivity contribution in [3.63, 3.8) is 0 Å². The molecule has 0 aliphatic heterocycles. The highest BCUT2D eigenvalue weighted by Gasteiger charge is 2.07. The van der Waals surface area contributed by atoms with E-state index < -0.39 is 5.91 Å². The maximum atomic E-state index is 10.7. The van der Waals surface area contributed by atoms with Gasteiger partial charge >= 0.3 is 0 Å². The van der Waals surface area contributed by atoms with Crippen LogP contribution in [-0.2, 0) is 4.79 Å². The smallest absolute Gasteiger partial charge is 0.241 e. The minimum Gasteiger partial charge on any atom is -0.366 e. The van der Waals surface area contributed by atoms with Gasteiger partial charge in [0.25, 0.3) is 0 Å². The van der Waals surface area contributed by atoms with Crippen LogP contribution in [0.25, 0.3) is 11.7 Å². The lowest BCUT2D eigenvalue weighted by Crippen LogP contribution is -2.05. The molecular formula is C12H13N3O. The second-order valence-corrected chi connectivity index (χ2v) is 3.70. The molecule has 82 valence electrons. The van der Waals surface area contributed by atoms with Crippen LogP contribution >= 0.6 is 0 Å². The van der Waals surface area contributed by atoms with E-state index in [-0.39, 0.29) is 0 Å². The molecule has 4 heteroatoms. The number of amides is 1. The predicted octanol–water partition coefficient (Wildman–Crippen LogP) is 1.45. The Balaban J connectivity index is 2.65. The summed E-state index contributed by atoms with van der Waals surface area (Å²) in [5.41, 5.74) is 8.85. The number of fused-ring (bicyclic) bond motifs is 1. The molecule has 16 heavy (non-hydrogen) atoms. The van der Waals surface area contributed by atoms with E-state index in [0.29, 0.717) is 0 Å². The van der Waals surface area contributed by atoms with Crippen LogP contribution in [0.1, 0.15) is 17.0 Å². The van der Waals surface area contributed by atoms with Gasteiger partial charge < -0.3 is 5.73 Å². The van der Waals surface area contributed by atoms with Crippen LogP contribution < -0.4 is 5.73 Å². The van der Waals surface area contributed by atoms with Crippen LogP contribution in [0.2, 0.25) is 0 Å². The lowest BCUT2D eigenvalue weighted by molar-refractivity contribution is -0.113. The number of hydrogen-bond acceptors (Lipinski definition) is 2. The molecule has 2 rings (SSSR count). The van der Waals surface area contributed by atoms with E-state index in [9.17, 15) is 4.79 Å². The fourth-order valence-electron chi connectivity index (χ4n) is 1.70. The molecule has 0 spiro atoms. The molecule has 4 nitrogen and oxygen atoms in total. The fourth-order valence-corrected chi connectivity index (χ4v) is 1.70. The summed E-state index contributed by atoms with van der Waals surface area (Å²) < 4.78 is 1.95.